The number of rotatable bonds is 8. The van der Waals surface area contributed by atoms with Crippen molar-refractivity contribution < 1.29 is 8.42 Å². The number of nitrogens with one attached hydrogen (secondary N) is 1. The van der Waals surface area contributed by atoms with Gasteiger partial charge in [0.15, 0.2) is 0 Å². The van der Waals surface area contributed by atoms with Gasteiger partial charge in [0.05, 0.1) is 5.75 Å². The van der Waals surface area contributed by atoms with Crippen LogP contribution in [0.5, 0.6) is 0 Å². The second-order valence-electron chi connectivity index (χ2n) is 3.89. The second kappa shape index (κ2) is 7.20. The summed E-state index contributed by atoms with van der Waals surface area (Å²) in [7, 11) is 1.30. The highest BCUT2D eigenvalue weighted by Gasteiger charge is 1.99. The van der Waals surface area contributed by atoms with Crippen molar-refractivity contribution in [3.05, 3.63) is 0 Å². The predicted molar refractivity (Wildman–Crippen MR) is 60.4 cm³/mol. The van der Waals surface area contributed by atoms with Gasteiger partial charge < -0.3 is 10.2 Å². The molecule has 0 aromatic rings. The van der Waals surface area contributed by atoms with Crippen molar-refractivity contribution in [1.29, 1.82) is 0 Å². The van der Waals surface area contributed by atoms with E-state index in [0.717, 1.165) is 25.9 Å². The molecule has 0 rings (SSSR count). The molecule has 0 bridgehead atoms. The lowest BCUT2D eigenvalue weighted by molar-refractivity contribution is 0.392. The average Bonchev–Trinajstić information content (AvgIpc) is 2.00. The Morgan fingerprint density at radius 2 is 1.79 bits per heavy atom. The molecule has 0 spiro atoms. The molecular weight excluding hydrogens is 200 g/mol. The Labute approximate surface area is 87.6 Å². The lowest BCUT2D eigenvalue weighted by atomic mass is 10.3. The third-order valence-electron chi connectivity index (χ3n) is 1.86. The highest BCUT2D eigenvalue weighted by atomic mass is 32.2. The largest absolute Gasteiger partial charge is 0.316 e. The van der Waals surface area contributed by atoms with Crippen molar-refractivity contribution >= 4 is 9.84 Å². The topological polar surface area (TPSA) is 49.4 Å². The van der Waals surface area contributed by atoms with E-state index in [4.69, 9.17) is 0 Å². The van der Waals surface area contributed by atoms with Gasteiger partial charge in [-0.25, -0.2) is 8.42 Å². The first-order valence-corrected chi connectivity index (χ1v) is 7.01. The Morgan fingerprint density at radius 3 is 2.29 bits per heavy atom. The molecule has 86 valence electrons. The van der Waals surface area contributed by atoms with E-state index in [1.54, 1.807) is 0 Å². The fraction of sp³-hybridized carbons (Fsp3) is 1.00. The summed E-state index contributed by atoms with van der Waals surface area (Å²) in [6, 6.07) is 0. The molecule has 0 aromatic heterocycles. The summed E-state index contributed by atoms with van der Waals surface area (Å²) >= 11 is 0. The van der Waals surface area contributed by atoms with Gasteiger partial charge in [0.1, 0.15) is 9.84 Å². The average molecular weight is 222 g/mol. The molecule has 0 saturated carbocycles. The molecular formula is C9H22N2O2S. The Morgan fingerprint density at radius 1 is 1.14 bits per heavy atom. The number of hydrogen-bond acceptors (Lipinski definition) is 4. The van der Waals surface area contributed by atoms with Gasteiger partial charge in [-0.15, -0.1) is 0 Å². The molecule has 0 aromatic carbocycles. The van der Waals surface area contributed by atoms with Gasteiger partial charge in [-0.2, -0.15) is 0 Å². The molecule has 4 nitrogen and oxygen atoms in total. The van der Waals surface area contributed by atoms with Crippen molar-refractivity contribution in [3.63, 3.8) is 0 Å². The molecule has 0 amide bonds. The SMILES string of the molecule is CN(C)CCCCNCCS(C)(=O)=O. The summed E-state index contributed by atoms with van der Waals surface area (Å²) in [5.41, 5.74) is 0. The van der Waals surface area contributed by atoms with Gasteiger partial charge in [0, 0.05) is 12.8 Å². The molecule has 0 aliphatic carbocycles. The van der Waals surface area contributed by atoms with Crippen LogP contribution in [-0.4, -0.2) is 59.1 Å². The first kappa shape index (κ1) is 13.9. The zero-order valence-corrected chi connectivity index (χ0v) is 10.2. The molecule has 0 heterocycles. The van der Waals surface area contributed by atoms with E-state index in [0.29, 0.717) is 6.54 Å². The maximum absolute atomic E-state index is 10.8. The normalized spacial score (nSPS) is 12.3. The van der Waals surface area contributed by atoms with Crippen LogP contribution in [0.25, 0.3) is 0 Å². The first-order chi connectivity index (χ1) is 6.42. The van der Waals surface area contributed by atoms with Crippen LogP contribution >= 0.6 is 0 Å². The van der Waals surface area contributed by atoms with Crippen LogP contribution in [0.4, 0.5) is 0 Å². The van der Waals surface area contributed by atoms with E-state index >= 15 is 0 Å². The summed E-state index contributed by atoms with van der Waals surface area (Å²) < 4.78 is 21.5. The van der Waals surface area contributed by atoms with Crippen molar-refractivity contribution in [2.75, 3.05) is 45.7 Å². The smallest absolute Gasteiger partial charge is 0.148 e. The van der Waals surface area contributed by atoms with Crippen molar-refractivity contribution in [2.24, 2.45) is 0 Å². The van der Waals surface area contributed by atoms with Crippen molar-refractivity contribution in [1.82, 2.24) is 10.2 Å². The minimum atomic E-state index is -2.80. The van der Waals surface area contributed by atoms with Gasteiger partial charge in [0.2, 0.25) is 0 Å². The monoisotopic (exact) mass is 222 g/mol. The van der Waals surface area contributed by atoms with Crippen LogP contribution in [-0.2, 0) is 9.84 Å². The minimum absolute atomic E-state index is 0.237. The lowest BCUT2D eigenvalue weighted by Crippen LogP contribution is -2.24. The predicted octanol–water partition coefficient (Wildman–Crippen LogP) is -0.0376. The summed E-state index contributed by atoms with van der Waals surface area (Å²) in [6.45, 7) is 2.57. The Hall–Kier alpha value is -0.130. The van der Waals surface area contributed by atoms with E-state index in [-0.39, 0.29) is 5.75 Å². The molecule has 0 aliphatic rings. The molecule has 1 N–H and O–H groups in total. The van der Waals surface area contributed by atoms with Gasteiger partial charge >= 0.3 is 0 Å². The maximum Gasteiger partial charge on any atom is 0.148 e. The number of hydrogen-bond donors (Lipinski definition) is 1. The molecule has 0 atom stereocenters. The van der Waals surface area contributed by atoms with Gasteiger partial charge in [-0.3, -0.25) is 0 Å². The van der Waals surface area contributed by atoms with Gasteiger partial charge in [0.25, 0.3) is 0 Å². The molecule has 5 heteroatoms. The van der Waals surface area contributed by atoms with E-state index in [1.807, 2.05) is 0 Å². The highest BCUT2D eigenvalue weighted by molar-refractivity contribution is 7.90. The molecule has 0 saturated heterocycles. The van der Waals surface area contributed by atoms with E-state index in [2.05, 4.69) is 24.3 Å². The Balaban J connectivity index is 3.15. The highest BCUT2D eigenvalue weighted by Crippen LogP contribution is 1.88. The van der Waals surface area contributed by atoms with Crippen LogP contribution in [0, 0.1) is 0 Å². The third-order valence-corrected chi connectivity index (χ3v) is 2.80. The van der Waals surface area contributed by atoms with Crippen LogP contribution in [0.1, 0.15) is 12.8 Å². The second-order valence-corrected chi connectivity index (χ2v) is 6.15. The summed E-state index contributed by atoms with van der Waals surface area (Å²) in [5, 5.41) is 3.12. The van der Waals surface area contributed by atoms with Crippen LogP contribution < -0.4 is 5.32 Å². The van der Waals surface area contributed by atoms with Gasteiger partial charge in [-0.1, -0.05) is 0 Å². The quantitative estimate of drug-likeness (QED) is 0.586. The standard InChI is InChI=1S/C9H22N2O2S/c1-11(2)8-5-4-6-10-7-9-14(3,12)13/h10H,4-9H2,1-3H3. The van der Waals surface area contributed by atoms with Crippen LogP contribution in [0.15, 0.2) is 0 Å². The zero-order chi connectivity index (χ0) is 11.0. The summed E-state index contributed by atoms with van der Waals surface area (Å²) in [4.78, 5) is 2.15. The number of sulfone groups is 1. The Bertz CT molecular complexity index is 225. The first-order valence-electron chi connectivity index (χ1n) is 4.95. The Kier molecular flexibility index (Phi) is 7.13. The zero-order valence-electron chi connectivity index (χ0n) is 9.41. The van der Waals surface area contributed by atoms with E-state index < -0.39 is 9.84 Å². The molecule has 0 fully saturated rings. The van der Waals surface area contributed by atoms with Crippen LogP contribution in [0.2, 0.25) is 0 Å². The van der Waals surface area contributed by atoms with E-state index in [1.165, 1.54) is 6.26 Å². The van der Waals surface area contributed by atoms with Gasteiger partial charge in [-0.05, 0) is 40.0 Å². The third kappa shape index (κ3) is 11.9. The summed E-state index contributed by atoms with van der Waals surface area (Å²) in [6.07, 6.45) is 3.52. The van der Waals surface area contributed by atoms with Crippen molar-refractivity contribution in [2.45, 2.75) is 12.8 Å². The fourth-order valence-electron chi connectivity index (χ4n) is 1.06. The summed E-state index contributed by atoms with van der Waals surface area (Å²) in [5.74, 6) is 0.237. The van der Waals surface area contributed by atoms with E-state index in [9.17, 15) is 8.42 Å². The molecule has 0 unspecified atom stereocenters. The maximum atomic E-state index is 10.8. The van der Waals surface area contributed by atoms with Crippen molar-refractivity contribution in [3.8, 4) is 0 Å². The molecule has 14 heavy (non-hydrogen) atoms. The van der Waals surface area contributed by atoms with Crippen LogP contribution in [0.3, 0.4) is 0 Å². The lowest BCUT2D eigenvalue weighted by Gasteiger charge is -2.09. The minimum Gasteiger partial charge on any atom is -0.316 e. The fourth-order valence-corrected chi connectivity index (χ4v) is 1.58. The number of nitrogens with zero attached hydrogens (tertiary/aromatic N) is 1. The molecule has 0 aliphatic heterocycles. The molecule has 0 radical (unpaired) electrons. The number of unbranched alkanes of at least 4 members (excludes halogenated alkanes) is 1.